The van der Waals surface area contributed by atoms with E-state index < -0.39 is 0 Å². The van der Waals surface area contributed by atoms with Crippen LogP contribution in [0.5, 0.6) is 0 Å². The topological polar surface area (TPSA) is 38.3 Å². The molecule has 0 bridgehead atoms. The predicted molar refractivity (Wildman–Crippen MR) is 90.1 cm³/mol. The number of amides is 1. The van der Waals surface area contributed by atoms with Crippen molar-refractivity contribution in [2.45, 2.75) is 64.4 Å². The van der Waals surface area contributed by atoms with Crippen molar-refractivity contribution in [3.05, 3.63) is 35.4 Å². The zero-order valence-electron chi connectivity index (χ0n) is 14.2. The third kappa shape index (κ3) is 5.45. The molecule has 1 aliphatic carbocycles. The lowest BCUT2D eigenvalue weighted by Crippen LogP contribution is -2.30. The van der Waals surface area contributed by atoms with Crippen molar-refractivity contribution in [3.63, 3.8) is 0 Å². The first-order valence-corrected chi connectivity index (χ1v) is 8.43. The van der Waals surface area contributed by atoms with Crippen LogP contribution in [0.25, 0.3) is 0 Å². The molecule has 0 aliphatic heterocycles. The van der Waals surface area contributed by atoms with Crippen molar-refractivity contribution in [1.82, 2.24) is 5.32 Å². The molecule has 3 nitrogen and oxygen atoms in total. The number of benzene rings is 1. The molecule has 1 fully saturated rings. The molecule has 1 aliphatic rings. The maximum atomic E-state index is 11.7. The number of hydrogen-bond donors (Lipinski definition) is 1. The van der Waals surface area contributed by atoms with Gasteiger partial charge in [0, 0.05) is 6.54 Å². The molecule has 1 amide bonds. The molecule has 1 N–H and O–H groups in total. The van der Waals surface area contributed by atoms with Crippen molar-refractivity contribution < 1.29 is 9.53 Å². The van der Waals surface area contributed by atoms with Gasteiger partial charge in [-0.25, -0.2) is 0 Å². The van der Waals surface area contributed by atoms with Crippen LogP contribution in [-0.2, 0) is 21.4 Å². The summed E-state index contributed by atoms with van der Waals surface area (Å²) in [5.74, 6) is -0.00166. The first-order valence-electron chi connectivity index (χ1n) is 8.43. The van der Waals surface area contributed by atoms with Gasteiger partial charge in [0.25, 0.3) is 0 Å². The smallest absolute Gasteiger partial charge is 0.246 e. The summed E-state index contributed by atoms with van der Waals surface area (Å²) < 4.78 is 5.61. The highest BCUT2D eigenvalue weighted by Gasteiger charge is 2.16. The maximum Gasteiger partial charge on any atom is 0.246 e. The Bertz CT molecular complexity index is 467. The van der Waals surface area contributed by atoms with Crippen LogP contribution < -0.4 is 5.32 Å². The van der Waals surface area contributed by atoms with Gasteiger partial charge in [0.1, 0.15) is 6.61 Å². The second-order valence-corrected chi connectivity index (χ2v) is 7.26. The average molecular weight is 303 g/mol. The van der Waals surface area contributed by atoms with Crippen molar-refractivity contribution >= 4 is 5.91 Å². The van der Waals surface area contributed by atoms with Crippen LogP contribution in [0.1, 0.15) is 57.6 Å². The van der Waals surface area contributed by atoms with Crippen LogP contribution in [0.4, 0.5) is 0 Å². The zero-order chi connectivity index (χ0) is 16.0. The molecule has 122 valence electrons. The highest BCUT2D eigenvalue weighted by molar-refractivity contribution is 5.77. The average Bonchev–Trinajstić information content (AvgIpc) is 2.98. The van der Waals surface area contributed by atoms with E-state index in [1.807, 2.05) is 0 Å². The third-order valence-corrected chi connectivity index (χ3v) is 4.31. The number of carbonyl (C=O) groups is 1. The summed E-state index contributed by atoms with van der Waals surface area (Å²) in [6.07, 6.45) is 5.84. The van der Waals surface area contributed by atoms with E-state index in [2.05, 4.69) is 50.4 Å². The molecule has 2 rings (SSSR count). The molecule has 0 saturated heterocycles. The Morgan fingerprint density at radius 2 is 1.82 bits per heavy atom. The molecule has 0 radical (unpaired) electrons. The molecule has 0 aromatic heterocycles. The number of nitrogens with one attached hydrogen (secondary N) is 1. The Morgan fingerprint density at radius 1 is 1.18 bits per heavy atom. The third-order valence-electron chi connectivity index (χ3n) is 4.31. The van der Waals surface area contributed by atoms with E-state index >= 15 is 0 Å². The van der Waals surface area contributed by atoms with E-state index in [4.69, 9.17) is 4.74 Å². The summed E-state index contributed by atoms with van der Waals surface area (Å²) in [5.41, 5.74) is 2.78. The highest BCUT2D eigenvalue weighted by Crippen LogP contribution is 2.22. The van der Waals surface area contributed by atoms with Crippen molar-refractivity contribution in [2.24, 2.45) is 0 Å². The Balaban J connectivity index is 1.66. The van der Waals surface area contributed by atoms with Crippen LogP contribution >= 0.6 is 0 Å². The Morgan fingerprint density at radius 3 is 2.41 bits per heavy atom. The lowest BCUT2D eigenvalue weighted by atomic mass is 9.86. The van der Waals surface area contributed by atoms with E-state index in [9.17, 15) is 4.79 Å². The van der Waals surface area contributed by atoms with E-state index in [1.165, 1.54) is 24.0 Å². The first kappa shape index (κ1) is 17.0. The van der Waals surface area contributed by atoms with Gasteiger partial charge in [-0.15, -0.1) is 0 Å². The van der Waals surface area contributed by atoms with Gasteiger partial charge in [-0.05, 0) is 35.8 Å². The molecular weight excluding hydrogens is 274 g/mol. The molecule has 0 spiro atoms. The van der Waals surface area contributed by atoms with Crippen LogP contribution in [0, 0.1) is 0 Å². The summed E-state index contributed by atoms with van der Waals surface area (Å²) in [4.78, 5) is 11.7. The molecule has 1 aromatic carbocycles. The molecule has 1 aromatic rings. The number of hydrogen-bond acceptors (Lipinski definition) is 2. The Kier molecular flexibility index (Phi) is 6.01. The van der Waals surface area contributed by atoms with Gasteiger partial charge in [0.05, 0.1) is 6.10 Å². The van der Waals surface area contributed by atoms with Crippen LogP contribution in [0.15, 0.2) is 24.3 Å². The van der Waals surface area contributed by atoms with Crippen molar-refractivity contribution in [1.29, 1.82) is 0 Å². The zero-order valence-corrected chi connectivity index (χ0v) is 14.2. The minimum atomic E-state index is -0.00166. The molecular formula is C19H29NO2. The van der Waals surface area contributed by atoms with Crippen molar-refractivity contribution in [3.8, 4) is 0 Å². The minimum Gasteiger partial charge on any atom is -0.368 e. The summed E-state index contributed by atoms with van der Waals surface area (Å²) in [6.45, 7) is 7.51. The standard InChI is InChI=1S/C19H29NO2/c1-19(2,3)16-10-8-15(9-11-16)12-13-20-18(21)14-22-17-6-4-5-7-17/h8-11,17H,4-7,12-14H2,1-3H3,(H,20,21). The second-order valence-electron chi connectivity index (χ2n) is 7.26. The molecule has 1 saturated carbocycles. The van der Waals surface area contributed by atoms with Gasteiger partial charge < -0.3 is 10.1 Å². The van der Waals surface area contributed by atoms with Gasteiger partial charge in [0.15, 0.2) is 0 Å². The number of rotatable bonds is 6. The lowest BCUT2D eigenvalue weighted by molar-refractivity contribution is -0.127. The van der Waals surface area contributed by atoms with Gasteiger partial charge in [-0.3, -0.25) is 4.79 Å². The van der Waals surface area contributed by atoms with E-state index in [0.29, 0.717) is 12.6 Å². The fourth-order valence-corrected chi connectivity index (χ4v) is 2.82. The Hall–Kier alpha value is -1.35. The van der Waals surface area contributed by atoms with E-state index in [1.54, 1.807) is 0 Å². The summed E-state index contributed by atoms with van der Waals surface area (Å²) in [5, 5.41) is 2.94. The molecule has 3 heteroatoms. The van der Waals surface area contributed by atoms with Gasteiger partial charge in [-0.2, -0.15) is 0 Å². The SMILES string of the molecule is CC(C)(C)c1ccc(CCNC(=O)COC2CCCC2)cc1. The highest BCUT2D eigenvalue weighted by atomic mass is 16.5. The first-order chi connectivity index (χ1) is 10.4. The fraction of sp³-hybridized carbons (Fsp3) is 0.632. The minimum absolute atomic E-state index is 0.00166. The van der Waals surface area contributed by atoms with Gasteiger partial charge >= 0.3 is 0 Å². The van der Waals surface area contributed by atoms with Crippen LogP contribution in [0.3, 0.4) is 0 Å². The van der Waals surface area contributed by atoms with E-state index in [0.717, 1.165) is 19.3 Å². The molecule has 22 heavy (non-hydrogen) atoms. The summed E-state index contributed by atoms with van der Waals surface area (Å²) >= 11 is 0. The predicted octanol–water partition coefficient (Wildman–Crippen LogP) is 3.60. The van der Waals surface area contributed by atoms with E-state index in [-0.39, 0.29) is 17.9 Å². The monoisotopic (exact) mass is 303 g/mol. The number of ether oxygens (including phenoxy) is 1. The van der Waals surface area contributed by atoms with Gasteiger partial charge in [-0.1, -0.05) is 57.9 Å². The van der Waals surface area contributed by atoms with Gasteiger partial charge in [0.2, 0.25) is 5.91 Å². The summed E-state index contributed by atoms with van der Waals surface area (Å²) in [7, 11) is 0. The summed E-state index contributed by atoms with van der Waals surface area (Å²) in [6, 6.07) is 8.67. The Labute approximate surface area is 134 Å². The molecule has 0 unspecified atom stereocenters. The normalized spacial score (nSPS) is 16.0. The second kappa shape index (κ2) is 7.77. The lowest BCUT2D eigenvalue weighted by Gasteiger charge is -2.19. The molecule has 0 heterocycles. The van der Waals surface area contributed by atoms with Crippen LogP contribution in [-0.4, -0.2) is 25.2 Å². The van der Waals surface area contributed by atoms with Crippen molar-refractivity contribution in [2.75, 3.05) is 13.2 Å². The molecule has 0 atom stereocenters. The number of carbonyl (C=O) groups excluding carboxylic acids is 1. The largest absolute Gasteiger partial charge is 0.368 e. The fourth-order valence-electron chi connectivity index (χ4n) is 2.82. The maximum absolute atomic E-state index is 11.7. The van der Waals surface area contributed by atoms with Crippen LogP contribution in [0.2, 0.25) is 0 Å². The quantitative estimate of drug-likeness (QED) is 0.872.